The van der Waals surface area contributed by atoms with E-state index < -0.39 is 0 Å². The standard InChI is InChI=1S/C7H13N.C6H14N2.6C2H6/c2*1-7-3-5-8(2)6-4-7;6*1-2/h3H,4-6H2,1-2H3;3-6H2,1-2H3;6*1-2H3. The number of rotatable bonds is 0. The molecular formula is C25H63N3. The molecule has 178 valence electrons. The van der Waals surface area contributed by atoms with Crippen LogP contribution in [0.3, 0.4) is 0 Å². The molecule has 0 amide bonds. The molecule has 2 aliphatic heterocycles. The monoisotopic (exact) mass is 406 g/mol. The van der Waals surface area contributed by atoms with Crippen molar-refractivity contribution in [2.45, 2.75) is 96.4 Å². The maximum atomic E-state index is 2.36. The van der Waals surface area contributed by atoms with E-state index >= 15 is 0 Å². The zero-order valence-electron chi connectivity index (χ0n) is 23.4. The third-order valence-corrected chi connectivity index (χ3v) is 3.37. The van der Waals surface area contributed by atoms with E-state index in [-0.39, 0.29) is 0 Å². The van der Waals surface area contributed by atoms with E-state index in [2.05, 4.69) is 48.8 Å². The summed E-state index contributed by atoms with van der Waals surface area (Å²) in [7, 11) is 6.50. The molecule has 0 N–H and O–H groups in total. The van der Waals surface area contributed by atoms with Crippen molar-refractivity contribution in [2.75, 3.05) is 60.4 Å². The van der Waals surface area contributed by atoms with Gasteiger partial charge in [0, 0.05) is 39.3 Å². The minimum absolute atomic E-state index is 1.14. The molecule has 3 heteroatoms. The van der Waals surface area contributed by atoms with Gasteiger partial charge in [0.15, 0.2) is 0 Å². The molecule has 28 heavy (non-hydrogen) atoms. The Bertz CT molecular complexity index is 210. The summed E-state index contributed by atoms with van der Waals surface area (Å²) in [5, 5.41) is 0. The van der Waals surface area contributed by atoms with Gasteiger partial charge < -0.3 is 14.7 Å². The molecule has 0 aromatic heterocycles. The Morgan fingerprint density at radius 3 is 0.964 bits per heavy atom. The molecule has 0 saturated carbocycles. The van der Waals surface area contributed by atoms with E-state index in [9.17, 15) is 0 Å². The maximum absolute atomic E-state index is 2.36. The molecule has 0 radical (unpaired) electrons. The third-order valence-electron chi connectivity index (χ3n) is 3.37. The first-order valence-corrected chi connectivity index (χ1v) is 12.3. The van der Waals surface area contributed by atoms with Crippen molar-refractivity contribution < 1.29 is 0 Å². The Morgan fingerprint density at radius 2 is 0.786 bits per heavy atom. The predicted molar refractivity (Wildman–Crippen MR) is 139 cm³/mol. The summed E-state index contributed by atoms with van der Waals surface area (Å²) in [6.07, 6.45) is 3.56. The van der Waals surface area contributed by atoms with Crippen LogP contribution in [0.2, 0.25) is 0 Å². The minimum Gasteiger partial charge on any atom is -0.304 e. The van der Waals surface area contributed by atoms with E-state index in [1.165, 1.54) is 39.1 Å². The molecule has 0 atom stereocenters. The molecular weight excluding hydrogens is 342 g/mol. The second-order valence-electron chi connectivity index (χ2n) is 5.17. The number of piperazine rings is 1. The normalized spacial score (nSPS) is 15.4. The van der Waals surface area contributed by atoms with Crippen LogP contribution in [0.5, 0.6) is 0 Å². The number of hydrogen-bond acceptors (Lipinski definition) is 3. The Morgan fingerprint density at radius 1 is 0.500 bits per heavy atom. The van der Waals surface area contributed by atoms with Crippen molar-refractivity contribution in [1.82, 2.24) is 14.7 Å². The number of likely N-dealkylation sites (N-methyl/N-ethyl adjacent to an activating group) is 3. The summed E-state index contributed by atoms with van der Waals surface area (Å²) < 4.78 is 0. The molecule has 3 nitrogen and oxygen atoms in total. The first-order chi connectivity index (χ1) is 13.6. The molecule has 2 aliphatic rings. The molecule has 0 aliphatic carbocycles. The zero-order valence-corrected chi connectivity index (χ0v) is 23.4. The van der Waals surface area contributed by atoms with Crippen molar-refractivity contribution in [2.24, 2.45) is 0 Å². The summed E-state index contributed by atoms with van der Waals surface area (Å²) >= 11 is 0. The molecule has 1 fully saturated rings. The molecule has 2 heterocycles. The fourth-order valence-corrected chi connectivity index (χ4v) is 1.78. The van der Waals surface area contributed by atoms with Crippen LogP contribution in [0.25, 0.3) is 0 Å². The van der Waals surface area contributed by atoms with Crippen LogP contribution in [0.4, 0.5) is 0 Å². The van der Waals surface area contributed by atoms with Crippen molar-refractivity contribution in [3.63, 3.8) is 0 Å². The highest BCUT2D eigenvalue weighted by molar-refractivity contribution is 5.02. The van der Waals surface area contributed by atoms with Crippen molar-refractivity contribution in [1.29, 1.82) is 0 Å². The van der Waals surface area contributed by atoms with Crippen LogP contribution in [0.15, 0.2) is 11.6 Å². The molecule has 0 spiro atoms. The highest BCUT2D eigenvalue weighted by atomic mass is 15.2. The van der Waals surface area contributed by atoms with Gasteiger partial charge in [-0.25, -0.2) is 0 Å². The van der Waals surface area contributed by atoms with E-state index in [0.717, 1.165) is 6.54 Å². The van der Waals surface area contributed by atoms with Gasteiger partial charge in [0.05, 0.1) is 0 Å². The Kier molecular flexibility index (Phi) is 67.9. The van der Waals surface area contributed by atoms with Crippen LogP contribution >= 0.6 is 0 Å². The van der Waals surface area contributed by atoms with Crippen molar-refractivity contribution in [3.8, 4) is 0 Å². The molecule has 0 aromatic carbocycles. The molecule has 0 bridgehead atoms. The lowest BCUT2D eigenvalue weighted by Crippen LogP contribution is -2.42. The number of hydrogen-bond donors (Lipinski definition) is 0. The van der Waals surface area contributed by atoms with Crippen LogP contribution in [0, 0.1) is 0 Å². The topological polar surface area (TPSA) is 9.72 Å². The third kappa shape index (κ3) is 40.3. The van der Waals surface area contributed by atoms with Gasteiger partial charge in [-0.2, -0.15) is 0 Å². The average Bonchev–Trinajstić information content (AvgIpc) is 2.81. The van der Waals surface area contributed by atoms with Gasteiger partial charge in [0.2, 0.25) is 0 Å². The average molecular weight is 406 g/mol. The van der Waals surface area contributed by atoms with Crippen LogP contribution in [-0.2, 0) is 0 Å². The number of nitrogens with zero attached hydrogens (tertiary/aromatic N) is 3. The largest absolute Gasteiger partial charge is 0.304 e. The van der Waals surface area contributed by atoms with Crippen LogP contribution in [-0.4, -0.2) is 75.1 Å². The minimum atomic E-state index is 1.14. The Labute approximate surface area is 183 Å². The first-order valence-electron chi connectivity index (χ1n) is 12.3. The summed E-state index contributed by atoms with van der Waals surface area (Å²) in [6, 6.07) is 0. The highest BCUT2D eigenvalue weighted by Crippen LogP contribution is 2.06. The van der Waals surface area contributed by atoms with Crippen molar-refractivity contribution >= 4 is 0 Å². The van der Waals surface area contributed by atoms with E-state index in [0.29, 0.717) is 0 Å². The summed E-state index contributed by atoms with van der Waals surface area (Å²) in [5.41, 5.74) is 1.54. The van der Waals surface area contributed by atoms with E-state index in [4.69, 9.17) is 0 Å². The smallest absolute Gasteiger partial charge is 0.0162 e. The SMILES string of the molecule is CC.CC.CC.CC.CC.CC.CC1=CCN(C)CC1.CN1CCN(C)CC1. The fourth-order valence-electron chi connectivity index (χ4n) is 1.78. The molecule has 2 rings (SSSR count). The first kappa shape index (κ1) is 41.9. The lowest BCUT2D eigenvalue weighted by atomic mass is 10.1. The Balaban J connectivity index is -0.0000000567. The molecule has 0 aromatic rings. The zero-order chi connectivity index (χ0) is 24.0. The van der Waals surface area contributed by atoms with Crippen molar-refractivity contribution in [3.05, 3.63) is 11.6 Å². The van der Waals surface area contributed by atoms with Crippen LogP contribution < -0.4 is 0 Å². The Hall–Kier alpha value is -0.380. The maximum Gasteiger partial charge on any atom is 0.0162 e. The van der Waals surface area contributed by atoms with Gasteiger partial charge in [-0.05, 0) is 34.5 Å². The quantitative estimate of drug-likeness (QED) is 0.392. The van der Waals surface area contributed by atoms with Gasteiger partial charge >= 0.3 is 0 Å². The fraction of sp³-hybridized carbons (Fsp3) is 0.920. The van der Waals surface area contributed by atoms with Gasteiger partial charge in [-0.1, -0.05) is 94.7 Å². The summed E-state index contributed by atoms with van der Waals surface area (Å²) in [5.74, 6) is 0. The van der Waals surface area contributed by atoms with Gasteiger partial charge in [-0.15, -0.1) is 0 Å². The second-order valence-corrected chi connectivity index (χ2v) is 5.17. The predicted octanol–water partition coefficient (Wildman–Crippen LogP) is 7.29. The second kappa shape index (κ2) is 45.4. The van der Waals surface area contributed by atoms with Gasteiger partial charge in [0.1, 0.15) is 0 Å². The summed E-state index contributed by atoms with van der Waals surface area (Å²) in [4.78, 5) is 7.05. The highest BCUT2D eigenvalue weighted by Gasteiger charge is 2.07. The van der Waals surface area contributed by atoms with Gasteiger partial charge in [-0.3, -0.25) is 0 Å². The molecule has 0 unspecified atom stereocenters. The molecule has 1 saturated heterocycles. The lowest BCUT2D eigenvalue weighted by molar-refractivity contribution is 0.181. The van der Waals surface area contributed by atoms with Gasteiger partial charge in [0.25, 0.3) is 0 Å². The van der Waals surface area contributed by atoms with E-state index in [1.54, 1.807) is 5.57 Å². The summed E-state index contributed by atoms with van der Waals surface area (Å²) in [6.45, 7) is 33.5. The van der Waals surface area contributed by atoms with E-state index in [1.807, 2.05) is 83.1 Å². The van der Waals surface area contributed by atoms with Crippen LogP contribution in [0.1, 0.15) is 96.4 Å². The lowest BCUT2D eigenvalue weighted by Gasteiger charge is -2.28.